The summed E-state index contributed by atoms with van der Waals surface area (Å²) >= 11 is 0. The van der Waals surface area contributed by atoms with E-state index in [2.05, 4.69) is 4.74 Å². The van der Waals surface area contributed by atoms with E-state index in [-0.39, 0.29) is 30.9 Å². The van der Waals surface area contributed by atoms with Crippen molar-refractivity contribution in [3.05, 3.63) is 0 Å². The van der Waals surface area contributed by atoms with Crippen LogP contribution in [-0.4, -0.2) is 37.9 Å². The van der Waals surface area contributed by atoms with E-state index >= 15 is 0 Å². The first kappa shape index (κ1) is 12.1. The normalized spacial score (nSPS) is 30.9. The number of carbonyl (C=O) groups excluding carboxylic acids is 2. The zero-order chi connectivity index (χ0) is 11.3. The largest absolute Gasteiger partial charge is 0.469 e. The van der Waals surface area contributed by atoms with Gasteiger partial charge >= 0.3 is 5.97 Å². The molecule has 0 radical (unpaired) electrons. The quantitative estimate of drug-likeness (QED) is 0.510. The highest BCUT2D eigenvalue weighted by atomic mass is 16.7. The van der Waals surface area contributed by atoms with Crippen LogP contribution in [0.4, 0.5) is 0 Å². The summed E-state index contributed by atoms with van der Waals surface area (Å²) in [7, 11) is 1.34. The van der Waals surface area contributed by atoms with Crippen LogP contribution in [-0.2, 0) is 23.8 Å². The van der Waals surface area contributed by atoms with E-state index in [1.54, 1.807) is 6.92 Å². The fraction of sp³-hybridized carbons (Fsp3) is 0.800. The lowest BCUT2D eigenvalue weighted by Gasteiger charge is -2.32. The molecule has 0 N–H and O–H groups in total. The molecule has 1 aliphatic rings. The van der Waals surface area contributed by atoms with Crippen molar-refractivity contribution < 1.29 is 23.8 Å². The molecule has 0 aromatic carbocycles. The van der Waals surface area contributed by atoms with Gasteiger partial charge in [0.1, 0.15) is 6.29 Å². The Labute approximate surface area is 88.7 Å². The molecule has 0 aromatic heterocycles. The van der Waals surface area contributed by atoms with Gasteiger partial charge in [-0.05, 0) is 6.92 Å². The Balaban J connectivity index is 2.43. The minimum absolute atomic E-state index is 0.152. The number of ether oxygens (including phenoxy) is 3. The lowest BCUT2D eigenvalue weighted by Crippen LogP contribution is -2.38. The van der Waals surface area contributed by atoms with Crippen LogP contribution < -0.4 is 0 Å². The molecular formula is C10H16O5. The maximum Gasteiger partial charge on any atom is 0.308 e. The second kappa shape index (κ2) is 5.82. The molecule has 0 amide bonds. The van der Waals surface area contributed by atoms with Gasteiger partial charge in [0.15, 0.2) is 6.29 Å². The molecule has 15 heavy (non-hydrogen) atoms. The average molecular weight is 216 g/mol. The molecule has 0 bridgehead atoms. The molecule has 1 aliphatic heterocycles. The van der Waals surface area contributed by atoms with Crippen molar-refractivity contribution in [2.24, 2.45) is 0 Å². The van der Waals surface area contributed by atoms with Gasteiger partial charge in [-0.1, -0.05) is 0 Å². The Morgan fingerprint density at radius 2 is 2.13 bits per heavy atom. The van der Waals surface area contributed by atoms with E-state index in [4.69, 9.17) is 9.47 Å². The van der Waals surface area contributed by atoms with Crippen LogP contribution in [0.3, 0.4) is 0 Å². The van der Waals surface area contributed by atoms with Crippen molar-refractivity contribution in [2.75, 3.05) is 7.11 Å². The number of hydrogen-bond acceptors (Lipinski definition) is 5. The van der Waals surface area contributed by atoms with E-state index in [1.165, 1.54) is 7.11 Å². The summed E-state index contributed by atoms with van der Waals surface area (Å²) in [6, 6.07) is 0. The van der Waals surface area contributed by atoms with Crippen LogP contribution >= 0.6 is 0 Å². The Hall–Kier alpha value is -0.940. The molecule has 5 nitrogen and oxygen atoms in total. The van der Waals surface area contributed by atoms with Gasteiger partial charge in [0, 0.05) is 12.8 Å². The fourth-order valence-electron chi connectivity index (χ4n) is 1.64. The van der Waals surface area contributed by atoms with E-state index < -0.39 is 0 Å². The van der Waals surface area contributed by atoms with Gasteiger partial charge in [-0.2, -0.15) is 0 Å². The summed E-state index contributed by atoms with van der Waals surface area (Å²) in [5.41, 5.74) is 0. The summed E-state index contributed by atoms with van der Waals surface area (Å²) in [5, 5.41) is 0. The third-order valence-corrected chi connectivity index (χ3v) is 2.28. The molecule has 0 aromatic rings. The van der Waals surface area contributed by atoms with Crippen LogP contribution in [0.1, 0.15) is 26.2 Å². The van der Waals surface area contributed by atoms with Crippen LogP contribution in [0.25, 0.3) is 0 Å². The molecule has 0 aliphatic carbocycles. The van der Waals surface area contributed by atoms with Crippen molar-refractivity contribution in [3.63, 3.8) is 0 Å². The maximum atomic E-state index is 11.0. The number of hydrogen-bond donors (Lipinski definition) is 0. The summed E-state index contributed by atoms with van der Waals surface area (Å²) in [4.78, 5) is 21.4. The van der Waals surface area contributed by atoms with Crippen molar-refractivity contribution in [1.29, 1.82) is 0 Å². The van der Waals surface area contributed by atoms with E-state index in [0.717, 1.165) is 6.29 Å². The molecule has 1 fully saturated rings. The monoisotopic (exact) mass is 216 g/mol. The molecule has 1 rings (SSSR count). The highest BCUT2D eigenvalue weighted by molar-refractivity contribution is 5.69. The lowest BCUT2D eigenvalue weighted by atomic mass is 10.1. The first-order chi connectivity index (χ1) is 7.15. The number of methoxy groups -OCH3 is 1. The SMILES string of the molecule is COC(=O)CC1CC(CC=O)OC(C)O1. The predicted octanol–water partition coefficient (Wildman–Crippen LogP) is 0.659. The van der Waals surface area contributed by atoms with Crippen LogP contribution in [0, 0.1) is 0 Å². The third-order valence-electron chi connectivity index (χ3n) is 2.28. The van der Waals surface area contributed by atoms with E-state index in [9.17, 15) is 9.59 Å². The third kappa shape index (κ3) is 3.97. The van der Waals surface area contributed by atoms with Gasteiger partial charge in [0.05, 0.1) is 25.7 Å². The van der Waals surface area contributed by atoms with E-state index in [1.807, 2.05) is 0 Å². The van der Waals surface area contributed by atoms with Crippen molar-refractivity contribution in [3.8, 4) is 0 Å². The Morgan fingerprint density at radius 3 is 2.73 bits per heavy atom. The fourth-order valence-corrected chi connectivity index (χ4v) is 1.64. The number of aldehydes is 1. The second-order valence-corrected chi connectivity index (χ2v) is 3.50. The number of carbonyl (C=O) groups is 2. The van der Waals surface area contributed by atoms with Gasteiger partial charge in [-0.25, -0.2) is 0 Å². The first-order valence-corrected chi connectivity index (χ1v) is 4.97. The second-order valence-electron chi connectivity index (χ2n) is 3.50. The van der Waals surface area contributed by atoms with Crippen molar-refractivity contribution >= 4 is 12.3 Å². The highest BCUT2D eigenvalue weighted by Gasteiger charge is 2.29. The van der Waals surface area contributed by atoms with Gasteiger partial charge in [0.25, 0.3) is 0 Å². The van der Waals surface area contributed by atoms with Gasteiger partial charge in [-0.3, -0.25) is 4.79 Å². The standard InChI is InChI=1S/C10H16O5/c1-7-14-8(3-4-11)5-9(15-7)6-10(12)13-2/h4,7-9H,3,5-6H2,1-2H3. The summed E-state index contributed by atoms with van der Waals surface area (Å²) in [6.45, 7) is 1.75. The Morgan fingerprint density at radius 1 is 1.47 bits per heavy atom. The summed E-state index contributed by atoms with van der Waals surface area (Å²) in [5.74, 6) is -0.307. The molecule has 86 valence electrons. The Kier molecular flexibility index (Phi) is 4.71. The summed E-state index contributed by atoms with van der Waals surface area (Å²) in [6.07, 6.45) is 1.17. The molecule has 5 heteroatoms. The van der Waals surface area contributed by atoms with Crippen LogP contribution in [0.5, 0.6) is 0 Å². The highest BCUT2D eigenvalue weighted by Crippen LogP contribution is 2.22. The molecule has 3 unspecified atom stereocenters. The van der Waals surface area contributed by atoms with Crippen molar-refractivity contribution in [1.82, 2.24) is 0 Å². The lowest BCUT2D eigenvalue weighted by molar-refractivity contribution is -0.234. The molecule has 3 atom stereocenters. The first-order valence-electron chi connectivity index (χ1n) is 4.97. The van der Waals surface area contributed by atoms with Crippen LogP contribution in [0.15, 0.2) is 0 Å². The Bertz CT molecular complexity index is 228. The molecule has 0 saturated carbocycles. The van der Waals surface area contributed by atoms with Gasteiger partial charge in [-0.15, -0.1) is 0 Å². The van der Waals surface area contributed by atoms with Crippen LogP contribution in [0.2, 0.25) is 0 Å². The minimum Gasteiger partial charge on any atom is -0.469 e. The number of esters is 1. The number of rotatable bonds is 4. The molecule has 0 spiro atoms. The molecular weight excluding hydrogens is 200 g/mol. The summed E-state index contributed by atoms with van der Waals surface area (Å²) < 4.78 is 15.3. The molecule has 1 saturated heterocycles. The topological polar surface area (TPSA) is 61.8 Å². The maximum absolute atomic E-state index is 11.0. The average Bonchev–Trinajstić information content (AvgIpc) is 2.17. The predicted molar refractivity (Wildman–Crippen MR) is 51.1 cm³/mol. The smallest absolute Gasteiger partial charge is 0.308 e. The van der Waals surface area contributed by atoms with Crippen molar-refractivity contribution in [2.45, 2.75) is 44.7 Å². The molecule has 1 heterocycles. The minimum atomic E-state index is -0.377. The van der Waals surface area contributed by atoms with E-state index in [0.29, 0.717) is 12.8 Å². The van der Waals surface area contributed by atoms with Gasteiger partial charge < -0.3 is 19.0 Å². The zero-order valence-electron chi connectivity index (χ0n) is 8.97. The zero-order valence-corrected chi connectivity index (χ0v) is 8.97. The van der Waals surface area contributed by atoms with Gasteiger partial charge in [0.2, 0.25) is 0 Å².